The maximum atomic E-state index is 14.3. The van der Waals surface area contributed by atoms with Crippen LogP contribution in [0.3, 0.4) is 0 Å². The van der Waals surface area contributed by atoms with E-state index >= 15 is 0 Å². The molecule has 10 atom stereocenters. The van der Waals surface area contributed by atoms with Gasteiger partial charge in [0.15, 0.2) is 24.6 Å². The van der Waals surface area contributed by atoms with Crippen LogP contribution in [0.5, 0.6) is 0 Å². The van der Waals surface area contributed by atoms with Gasteiger partial charge in [-0.1, -0.05) is 78.9 Å². The van der Waals surface area contributed by atoms with Crippen LogP contribution in [0, 0.1) is 0 Å². The number of allylic oxidation sites excluding steroid dienone is 1. The van der Waals surface area contributed by atoms with Crippen molar-refractivity contribution < 1.29 is 76.1 Å². The number of ether oxygens (including phenoxy) is 10. The van der Waals surface area contributed by atoms with Gasteiger partial charge in [-0.15, -0.1) is 0 Å². The molecular formula is C44H47NO16. The second-order valence-corrected chi connectivity index (χ2v) is 14.2. The standard InChI is InChI=1S/C44H47NO16/c1-6-21-53-44-39(56-23-29-17-11-8-12-18-29)36(55-22-28-15-9-7-10-16-28)37(38(61-44)42(51)52-5)60-43-33(45-40(49)30-19-13-14-20-31(30)41(45)50)35(58-27(4)48)34(57-26(3)47)32(59-43)24-54-25(2)46/h6-21,32-39,43-44H,22-24H2,1-5H3/t32-,33-,34+,35-,36+,37+,38+,39-,43+,44+/m1/s1. The van der Waals surface area contributed by atoms with Crippen molar-refractivity contribution in [1.82, 2.24) is 4.90 Å². The molecule has 0 radical (unpaired) electrons. The lowest BCUT2D eigenvalue weighted by Crippen LogP contribution is -2.70. The highest BCUT2D eigenvalue weighted by molar-refractivity contribution is 6.21. The van der Waals surface area contributed by atoms with Crippen molar-refractivity contribution in [3.8, 4) is 0 Å². The van der Waals surface area contributed by atoms with Gasteiger partial charge in [-0.25, -0.2) is 4.79 Å². The van der Waals surface area contributed by atoms with Crippen molar-refractivity contribution in [2.45, 2.75) is 102 Å². The van der Waals surface area contributed by atoms with Crippen LogP contribution in [-0.2, 0) is 79.8 Å². The van der Waals surface area contributed by atoms with Crippen LogP contribution in [-0.4, -0.2) is 116 Å². The fourth-order valence-electron chi connectivity index (χ4n) is 7.33. The SMILES string of the molecule is CC=CO[C@H]1O[C@H](C(=O)OC)[C@@H](O[C@@H]2O[C@H](COC(C)=O)[C@H](OC(C)=O)[C@H](OC(C)=O)[C@H]2N2C(=O)c3ccccc3C2=O)[C@H](OCc2ccccc2)[C@H]1OCc1ccccc1. The van der Waals surface area contributed by atoms with Gasteiger partial charge in [-0.3, -0.25) is 28.9 Å². The zero-order valence-electron chi connectivity index (χ0n) is 34.1. The molecule has 324 valence electrons. The normalized spacial score (nSPS) is 27.3. The average Bonchev–Trinajstić information content (AvgIpc) is 3.50. The van der Waals surface area contributed by atoms with Crippen LogP contribution in [0.4, 0.5) is 0 Å². The summed E-state index contributed by atoms with van der Waals surface area (Å²) in [6.45, 7) is 4.41. The first-order valence-electron chi connectivity index (χ1n) is 19.5. The number of benzene rings is 3. The third-order valence-corrected chi connectivity index (χ3v) is 9.93. The van der Waals surface area contributed by atoms with Crippen molar-refractivity contribution in [2.24, 2.45) is 0 Å². The van der Waals surface area contributed by atoms with Crippen LogP contribution < -0.4 is 0 Å². The van der Waals surface area contributed by atoms with Crippen LogP contribution in [0.15, 0.2) is 97.3 Å². The summed E-state index contributed by atoms with van der Waals surface area (Å²) in [6, 6.07) is 22.6. The van der Waals surface area contributed by atoms with Gasteiger partial charge in [0.2, 0.25) is 6.29 Å². The molecule has 17 nitrogen and oxygen atoms in total. The van der Waals surface area contributed by atoms with E-state index in [0.29, 0.717) is 0 Å². The van der Waals surface area contributed by atoms with E-state index in [-0.39, 0.29) is 24.3 Å². The number of amides is 2. The zero-order valence-corrected chi connectivity index (χ0v) is 34.1. The number of imide groups is 1. The molecule has 0 bridgehead atoms. The van der Waals surface area contributed by atoms with Crippen molar-refractivity contribution in [1.29, 1.82) is 0 Å². The first-order chi connectivity index (χ1) is 29.4. The van der Waals surface area contributed by atoms with Crippen molar-refractivity contribution in [3.63, 3.8) is 0 Å². The van der Waals surface area contributed by atoms with Crippen LogP contribution in [0.2, 0.25) is 0 Å². The van der Waals surface area contributed by atoms with E-state index in [1.807, 2.05) is 60.7 Å². The second-order valence-electron chi connectivity index (χ2n) is 14.2. The summed E-state index contributed by atoms with van der Waals surface area (Å²) in [5.74, 6) is -5.06. The molecular weight excluding hydrogens is 798 g/mol. The Balaban J connectivity index is 1.50. The minimum atomic E-state index is -1.84. The number of rotatable bonds is 16. The van der Waals surface area contributed by atoms with Gasteiger partial charge in [0.25, 0.3) is 11.8 Å². The predicted molar refractivity (Wildman–Crippen MR) is 209 cm³/mol. The molecule has 0 saturated carbocycles. The molecule has 17 heteroatoms. The molecule has 0 unspecified atom stereocenters. The number of methoxy groups -OCH3 is 1. The van der Waals surface area contributed by atoms with Gasteiger partial charge in [-0.2, -0.15) is 0 Å². The number of hydrogen-bond acceptors (Lipinski definition) is 16. The van der Waals surface area contributed by atoms with Gasteiger partial charge in [-0.05, 0) is 30.2 Å². The summed E-state index contributed by atoms with van der Waals surface area (Å²) >= 11 is 0. The molecule has 61 heavy (non-hydrogen) atoms. The Morgan fingerprint density at radius 2 is 1.20 bits per heavy atom. The largest absolute Gasteiger partial charge is 0.470 e. The first kappa shape index (κ1) is 44.6. The Bertz CT molecular complexity index is 2020. The minimum Gasteiger partial charge on any atom is -0.470 e. The third kappa shape index (κ3) is 10.5. The molecule has 3 heterocycles. The number of carbonyl (C=O) groups excluding carboxylic acids is 6. The Morgan fingerprint density at radius 3 is 1.72 bits per heavy atom. The number of hydrogen-bond donors (Lipinski definition) is 0. The summed E-state index contributed by atoms with van der Waals surface area (Å²) in [5, 5.41) is 0. The molecule has 0 N–H and O–H groups in total. The summed E-state index contributed by atoms with van der Waals surface area (Å²) < 4.78 is 60.6. The zero-order chi connectivity index (χ0) is 43.6. The van der Waals surface area contributed by atoms with E-state index < -0.39 is 104 Å². The number of carbonyl (C=O) groups is 6. The lowest BCUT2D eigenvalue weighted by atomic mass is 9.93. The summed E-state index contributed by atoms with van der Waals surface area (Å²) in [7, 11) is 1.14. The topological polar surface area (TPSA) is 198 Å². The Hall–Kier alpha value is -5.98. The van der Waals surface area contributed by atoms with Gasteiger partial charge < -0.3 is 47.4 Å². The number of fused-ring (bicyclic) bond motifs is 1. The highest BCUT2D eigenvalue weighted by Gasteiger charge is 2.60. The van der Waals surface area contributed by atoms with E-state index in [9.17, 15) is 28.8 Å². The highest BCUT2D eigenvalue weighted by atomic mass is 16.8. The second kappa shape index (κ2) is 20.5. The Labute approximate surface area is 351 Å². The molecule has 3 aromatic carbocycles. The van der Waals surface area contributed by atoms with Crippen LogP contribution in [0.1, 0.15) is 59.5 Å². The molecule has 0 spiro atoms. The monoisotopic (exact) mass is 845 g/mol. The van der Waals surface area contributed by atoms with Gasteiger partial charge in [0, 0.05) is 20.8 Å². The van der Waals surface area contributed by atoms with Crippen molar-refractivity contribution in [3.05, 3.63) is 120 Å². The maximum Gasteiger partial charge on any atom is 0.338 e. The Morgan fingerprint density at radius 1 is 0.656 bits per heavy atom. The Kier molecular flexibility index (Phi) is 15.0. The maximum absolute atomic E-state index is 14.3. The molecule has 2 saturated heterocycles. The molecule has 0 aliphatic carbocycles. The van der Waals surface area contributed by atoms with Crippen molar-refractivity contribution in [2.75, 3.05) is 13.7 Å². The molecule has 2 fully saturated rings. The lowest BCUT2D eigenvalue weighted by molar-refractivity contribution is -0.350. The lowest BCUT2D eigenvalue weighted by Gasteiger charge is -2.50. The predicted octanol–water partition coefficient (Wildman–Crippen LogP) is 3.81. The summed E-state index contributed by atoms with van der Waals surface area (Å²) in [5.41, 5.74) is 1.55. The quantitative estimate of drug-likeness (QED) is 0.0872. The van der Waals surface area contributed by atoms with E-state index in [2.05, 4.69) is 0 Å². The molecule has 3 aliphatic rings. The van der Waals surface area contributed by atoms with Crippen LogP contribution in [0.25, 0.3) is 0 Å². The first-order valence-corrected chi connectivity index (χ1v) is 19.5. The average molecular weight is 846 g/mol. The molecule has 2 amide bonds. The fraction of sp³-hybridized carbons (Fsp3) is 0.409. The smallest absolute Gasteiger partial charge is 0.338 e. The molecule has 3 aromatic rings. The molecule has 0 aromatic heterocycles. The molecule has 6 rings (SSSR count). The third-order valence-electron chi connectivity index (χ3n) is 9.93. The van der Waals surface area contributed by atoms with E-state index in [1.165, 1.54) is 18.4 Å². The van der Waals surface area contributed by atoms with E-state index in [0.717, 1.165) is 43.9 Å². The van der Waals surface area contributed by atoms with Crippen LogP contribution >= 0.6 is 0 Å². The van der Waals surface area contributed by atoms with Crippen molar-refractivity contribution >= 4 is 35.7 Å². The molecule has 3 aliphatic heterocycles. The summed E-state index contributed by atoms with van der Waals surface area (Å²) in [6.07, 6.45) is -10.6. The highest BCUT2D eigenvalue weighted by Crippen LogP contribution is 2.39. The number of nitrogens with zero attached hydrogens (tertiary/aromatic N) is 1. The van der Waals surface area contributed by atoms with Gasteiger partial charge in [0.1, 0.15) is 37.1 Å². The van der Waals surface area contributed by atoms with Gasteiger partial charge in [0.05, 0.1) is 37.7 Å². The van der Waals surface area contributed by atoms with E-state index in [1.54, 1.807) is 25.1 Å². The minimum absolute atomic E-state index is 0.0199. The summed E-state index contributed by atoms with van der Waals surface area (Å²) in [4.78, 5) is 80.8. The number of esters is 4. The van der Waals surface area contributed by atoms with E-state index in [4.69, 9.17) is 47.4 Å². The fourth-order valence-corrected chi connectivity index (χ4v) is 7.33. The van der Waals surface area contributed by atoms with Gasteiger partial charge >= 0.3 is 23.9 Å².